The lowest BCUT2D eigenvalue weighted by atomic mass is 10.0. The molecule has 6 aromatic rings. The first-order chi connectivity index (χ1) is 19.8. The number of benzene rings is 2. The monoisotopic (exact) mass is 606 g/mol. The van der Waals surface area contributed by atoms with Gasteiger partial charge in [-0.3, -0.25) is 18.8 Å². The topological polar surface area (TPSA) is 125 Å². The van der Waals surface area contributed by atoms with Gasteiger partial charge in [-0.25, -0.2) is 9.50 Å². The third-order valence-corrected chi connectivity index (χ3v) is 7.49. The highest BCUT2D eigenvalue weighted by molar-refractivity contribution is 9.10. The Hall–Kier alpha value is -5.21. The lowest BCUT2D eigenvalue weighted by molar-refractivity contribution is 0.0941. The molecule has 3 N–H and O–H groups in total. The summed E-state index contributed by atoms with van der Waals surface area (Å²) in [5.74, 6) is 5.85. The van der Waals surface area contributed by atoms with E-state index in [1.165, 1.54) is 4.52 Å². The number of nitrogens with one attached hydrogen (secondary N) is 1. The van der Waals surface area contributed by atoms with Gasteiger partial charge in [-0.05, 0) is 47.1 Å². The summed E-state index contributed by atoms with van der Waals surface area (Å²) in [5, 5.41) is 12.5. The van der Waals surface area contributed by atoms with Crippen LogP contribution in [0.4, 0.5) is 5.82 Å². The molecule has 0 aliphatic rings. The van der Waals surface area contributed by atoms with Crippen molar-refractivity contribution < 1.29 is 4.79 Å². The number of anilines is 1. The number of carbonyl (C=O) groups excluding carboxylic acids is 1. The molecule has 0 radical (unpaired) electrons. The Morgan fingerprint density at radius 3 is 2.66 bits per heavy atom. The van der Waals surface area contributed by atoms with Crippen LogP contribution in [0.2, 0.25) is 0 Å². The third-order valence-electron chi connectivity index (χ3n) is 6.65. The molecule has 202 valence electrons. The average molecular weight is 607 g/mol. The van der Waals surface area contributed by atoms with Crippen molar-refractivity contribution in [3.8, 4) is 17.5 Å². The molecule has 0 saturated carbocycles. The predicted molar refractivity (Wildman–Crippen MR) is 160 cm³/mol. The second-order valence-electron chi connectivity index (χ2n) is 9.40. The lowest BCUT2D eigenvalue weighted by Crippen LogP contribution is -2.33. The summed E-state index contributed by atoms with van der Waals surface area (Å²) in [7, 11) is 1.82. The summed E-state index contributed by atoms with van der Waals surface area (Å²) in [5.41, 5.74) is 8.84. The highest BCUT2D eigenvalue weighted by Gasteiger charge is 2.26. The van der Waals surface area contributed by atoms with E-state index >= 15 is 0 Å². The largest absolute Gasteiger partial charge is 0.381 e. The first-order valence-corrected chi connectivity index (χ1v) is 13.5. The van der Waals surface area contributed by atoms with Gasteiger partial charge >= 0.3 is 0 Å². The van der Waals surface area contributed by atoms with Gasteiger partial charge in [0.1, 0.15) is 5.56 Å². The predicted octanol–water partition coefficient (Wildman–Crippen LogP) is 4.00. The second-order valence-corrected chi connectivity index (χ2v) is 10.2. The minimum absolute atomic E-state index is 0.0586. The molecule has 2 aromatic carbocycles. The molecule has 0 saturated heterocycles. The summed E-state index contributed by atoms with van der Waals surface area (Å²) < 4.78 is 5.38. The van der Waals surface area contributed by atoms with E-state index in [0.29, 0.717) is 37.8 Å². The molecular weight excluding hydrogens is 584 g/mol. The zero-order valence-corrected chi connectivity index (χ0v) is 23.6. The number of para-hydroxylation sites is 1. The van der Waals surface area contributed by atoms with Crippen LogP contribution in [0.3, 0.4) is 0 Å². The summed E-state index contributed by atoms with van der Waals surface area (Å²) in [6.45, 7) is 1.81. The normalized spacial score (nSPS) is 11.8. The summed E-state index contributed by atoms with van der Waals surface area (Å²) >= 11 is 3.77. The van der Waals surface area contributed by atoms with Crippen molar-refractivity contribution in [2.45, 2.75) is 13.0 Å². The average Bonchev–Trinajstić information content (AvgIpc) is 3.55. The Morgan fingerprint density at radius 1 is 1.10 bits per heavy atom. The number of aryl methyl sites for hydroxylation is 1. The maximum absolute atomic E-state index is 14.3. The smallest absolute Gasteiger partial charge is 0.264 e. The lowest BCUT2D eigenvalue weighted by Gasteiger charge is -2.23. The summed E-state index contributed by atoms with van der Waals surface area (Å²) in [4.78, 5) is 32.1. The van der Waals surface area contributed by atoms with Gasteiger partial charge in [0.05, 0.1) is 28.9 Å². The Balaban J connectivity index is 1.52. The fourth-order valence-electron chi connectivity index (χ4n) is 4.83. The molecule has 0 aliphatic heterocycles. The van der Waals surface area contributed by atoms with Gasteiger partial charge in [0.2, 0.25) is 0 Å². The minimum Gasteiger partial charge on any atom is -0.381 e. The molecule has 11 heteroatoms. The maximum atomic E-state index is 14.3. The minimum atomic E-state index is -0.627. The van der Waals surface area contributed by atoms with E-state index < -0.39 is 11.9 Å². The van der Waals surface area contributed by atoms with Crippen molar-refractivity contribution in [3.63, 3.8) is 0 Å². The molecule has 41 heavy (non-hydrogen) atoms. The fraction of sp³-hybridized carbons (Fsp3) is 0.100. The molecule has 0 unspecified atom stereocenters. The van der Waals surface area contributed by atoms with Crippen LogP contribution in [0.1, 0.15) is 40.1 Å². The quantitative estimate of drug-likeness (QED) is 0.292. The highest BCUT2D eigenvalue weighted by Crippen LogP contribution is 2.33. The Kier molecular flexibility index (Phi) is 6.61. The molecule has 1 atom stereocenters. The van der Waals surface area contributed by atoms with Crippen LogP contribution in [-0.4, -0.2) is 34.9 Å². The van der Waals surface area contributed by atoms with Crippen molar-refractivity contribution in [2.24, 2.45) is 7.05 Å². The first-order valence-electron chi connectivity index (χ1n) is 12.7. The summed E-state index contributed by atoms with van der Waals surface area (Å²) in [6, 6.07) is 15.9. The Morgan fingerprint density at radius 2 is 1.90 bits per heavy atom. The van der Waals surface area contributed by atoms with Crippen LogP contribution < -0.4 is 16.6 Å². The number of hydrogen-bond acceptors (Lipinski definition) is 6. The molecule has 0 aliphatic carbocycles. The van der Waals surface area contributed by atoms with E-state index in [9.17, 15) is 9.59 Å². The number of hydrogen-bond donors (Lipinski definition) is 2. The SMILES string of the molecule is C[C@@H](NC(=O)c1c(N)nn2cccnc12)c1c(Br)c2cccc(C#Cc3cnn(C)c3)c2c(=O)n1-c1ccccc1. The fourth-order valence-corrected chi connectivity index (χ4v) is 5.68. The number of fused-ring (bicyclic) bond motifs is 2. The van der Waals surface area contributed by atoms with Gasteiger partial charge in [0.15, 0.2) is 11.5 Å². The van der Waals surface area contributed by atoms with Crippen LogP contribution in [-0.2, 0) is 7.05 Å². The second kappa shape index (κ2) is 10.4. The van der Waals surface area contributed by atoms with Crippen LogP contribution in [0.25, 0.3) is 22.1 Å². The van der Waals surface area contributed by atoms with Crippen LogP contribution in [0.15, 0.2) is 88.7 Å². The van der Waals surface area contributed by atoms with Crippen molar-refractivity contribution in [3.05, 3.63) is 117 Å². The van der Waals surface area contributed by atoms with Gasteiger partial charge < -0.3 is 11.1 Å². The van der Waals surface area contributed by atoms with Crippen molar-refractivity contribution >= 4 is 44.1 Å². The van der Waals surface area contributed by atoms with E-state index in [1.807, 2.05) is 68.7 Å². The molecule has 1 amide bonds. The molecule has 6 rings (SSSR count). The number of nitrogens with zero attached hydrogens (tertiary/aromatic N) is 6. The molecule has 4 heterocycles. The third kappa shape index (κ3) is 4.64. The number of rotatable bonds is 4. The Bertz CT molecular complexity index is 2080. The number of nitrogens with two attached hydrogens (primary N) is 1. The van der Waals surface area contributed by atoms with Crippen molar-refractivity contribution in [1.82, 2.24) is 34.3 Å². The zero-order chi connectivity index (χ0) is 28.7. The van der Waals surface area contributed by atoms with Gasteiger partial charge in [-0.15, -0.1) is 5.10 Å². The number of amides is 1. The van der Waals surface area contributed by atoms with E-state index in [4.69, 9.17) is 5.73 Å². The number of pyridine rings is 1. The zero-order valence-electron chi connectivity index (χ0n) is 22.0. The summed E-state index contributed by atoms with van der Waals surface area (Å²) in [6.07, 6.45) is 6.72. The molecule has 0 bridgehead atoms. The highest BCUT2D eigenvalue weighted by atomic mass is 79.9. The van der Waals surface area contributed by atoms with Gasteiger partial charge in [-0.1, -0.05) is 42.2 Å². The van der Waals surface area contributed by atoms with E-state index in [-0.39, 0.29) is 16.9 Å². The number of aromatic nitrogens is 6. The van der Waals surface area contributed by atoms with E-state index in [1.54, 1.807) is 33.9 Å². The van der Waals surface area contributed by atoms with Gasteiger partial charge in [-0.2, -0.15) is 5.10 Å². The number of carbonyl (C=O) groups is 1. The van der Waals surface area contributed by atoms with E-state index in [2.05, 4.69) is 48.3 Å². The molecule has 0 fully saturated rings. The molecular formula is C30H23BrN8O2. The number of halogens is 1. The molecule has 4 aromatic heterocycles. The number of nitrogen functional groups attached to an aromatic ring is 1. The standard InChI is InChI=1S/C30H23BrN8O2/c1-18(35-29(40)24-27(32)36-38-15-7-14-33-28(24)38)26-25(31)22-11-6-8-20(13-12-19-16-34-37(2)17-19)23(22)30(41)39(26)21-9-4-3-5-10-21/h3-11,14-18H,1-2H3,(H2,32,36)(H,35,40)/t18-/m1/s1. The molecule has 0 spiro atoms. The van der Waals surface area contributed by atoms with Crippen LogP contribution >= 0.6 is 15.9 Å². The van der Waals surface area contributed by atoms with E-state index in [0.717, 1.165) is 5.56 Å². The van der Waals surface area contributed by atoms with Crippen LogP contribution in [0, 0.1) is 11.8 Å². The first kappa shape index (κ1) is 26.0. The van der Waals surface area contributed by atoms with Crippen LogP contribution in [0.5, 0.6) is 0 Å². The van der Waals surface area contributed by atoms with Crippen molar-refractivity contribution in [2.75, 3.05) is 5.73 Å². The Labute approximate surface area is 242 Å². The maximum Gasteiger partial charge on any atom is 0.264 e. The van der Waals surface area contributed by atoms with Crippen molar-refractivity contribution in [1.29, 1.82) is 0 Å². The molecule has 10 nitrogen and oxygen atoms in total. The van der Waals surface area contributed by atoms with Gasteiger partial charge in [0, 0.05) is 46.7 Å². The van der Waals surface area contributed by atoms with Gasteiger partial charge in [0.25, 0.3) is 11.5 Å².